The van der Waals surface area contributed by atoms with E-state index in [1.165, 1.54) is 16.7 Å². The van der Waals surface area contributed by atoms with Crippen LogP contribution in [0.15, 0.2) is 48.5 Å². The van der Waals surface area contributed by atoms with Gasteiger partial charge in [0.1, 0.15) is 0 Å². The Morgan fingerprint density at radius 3 is 2.31 bits per heavy atom. The summed E-state index contributed by atoms with van der Waals surface area (Å²) in [6, 6.07) is 16.9. The molecule has 0 N–H and O–H groups in total. The van der Waals surface area contributed by atoms with Gasteiger partial charge in [0.2, 0.25) is 5.91 Å². The molecule has 6 heteroatoms. The van der Waals surface area contributed by atoms with E-state index in [2.05, 4.69) is 71.0 Å². The normalized spacial score (nSPS) is 18.9. The van der Waals surface area contributed by atoms with Gasteiger partial charge in [0.05, 0.1) is 0 Å². The fraction of sp³-hybridized carbons (Fsp3) is 0.391. The molecular formula is C23H25N5O. The Labute approximate surface area is 170 Å². The largest absolute Gasteiger partial charge is 0.342 e. The topological polar surface area (TPSA) is 63.9 Å². The highest BCUT2D eigenvalue weighted by molar-refractivity contribution is 5.81. The second kappa shape index (κ2) is 7.43. The summed E-state index contributed by atoms with van der Waals surface area (Å²) in [6.45, 7) is 4.53. The number of nitrogens with zero attached hydrogens (tertiary/aromatic N) is 5. The zero-order valence-corrected chi connectivity index (χ0v) is 16.7. The predicted octanol–water partition coefficient (Wildman–Crippen LogP) is 3.57. The summed E-state index contributed by atoms with van der Waals surface area (Å²) in [5, 5.41) is 12.4. The number of hydrogen-bond acceptors (Lipinski definition) is 4. The van der Waals surface area contributed by atoms with E-state index < -0.39 is 0 Å². The van der Waals surface area contributed by atoms with E-state index in [0.29, 0.717) is 17.7 Å². The van der Waals surface area contributed by atoms with Gasteiger partial charge in [-0.2, -0.15) is 0 Å². The standard InChI is InChI=1S/C23H25N5O/c1-16-2-4-18(5-3-16)19-6-8-20(9-7-19)22-24-25-26-28(22)15-17-12-13-27(14-17)23(29)21-10-11-21/h2-9,17,21H,10-15H2,1H3/t17-/m1/s1. The van der Waals surface area contributed by atoms with E-state index in [9.17, 15) is 4.79 Å². The van der Waals surface area contributed by atoms with Crippen LogP contribution in [0.25, 0.3) is 22.5 Å². The lowest BCUT2D eigenvalue weighted by atomic mass is 10.0. The zero-order chi connectivity index (χ0) is 19.8. The van der Waals surface area contributed by atoms with E-state index in [1.807, 2.05) is 9.58 Å². The third kappa shape index (κ3) is 3.79. The molecule has 1 saturated heterocycles. The molecule has 1 aliphatic carbocycles. The maximum absolute atomic E-state index is 12.3. The summed E-state index contributed by atoms with van der Waals surface area (Å²) < 4.78 is 1.89. The van der Waals surface area contributed by atoms with Crippen molar-refractivity contribution in [2.45, 2.75) is 32.7 Å². The molecular weight excluding hydrogens is 362 g/mol. The Balaban J connectivity index is 1.29. The summed E-state index contributed by atoms with van der Waals surface area (Å²) in [4.78, 5) is 14.3. The number of carbonyl (C=O) groups is 1. The Morgan fingerprint density at radius 2 is 1.62 bits per heavy atom. The first kappa shape index (κ1) is 18.0. The van der Waals surface area contributed by atoms with Crippen molar-refractivity contribution in [3.63, 3.8) is 0 Å². The quantitative estimate of drug-likeness (QED) is 0.671. The van der Waals surface area contributed by atoms with Crippen LogP contribution in [0.1, 0.15) is 24.8 Å². The van der Waals surface area contributed by atoms with Gasteiger partial charge in [-0.3, -0.25) is 4.79 Å². The van der Waals surface area contributed by atoms with Gasteiger partial charge in [0.15, 0.2) is 5.82 Å². The van der Waals surface area contributed by atoms with Gasteiger partial charge in [-0.05, 0) is 53.7 Å². The summed E-state index contributed by atoms with van der Waals surface area (Å²) >= 11 is 0. The van der Waals surface area contributed by atoms with Crippen molar-refractivity contribution in [2.24, 2.45) is 11.8 Å². The number of aryl methyl sites for hydroxylation is 1. The van der Waals surface area contributed by atoms with Crippen molar-refractivity contribution in [1.82, 2.24) is 25.1 Å². The Morgan fingerprint density at radius 1 is 0.966 bits per heavy atom. The van der Waals surface area contributed by atoms with Gasteiger partial charge in [-0.15, -0.1) is 5.10 Å². The van der Waals surface area contributed by atoms with E-state index in [0.717, 1.165) is 50.3 Å². The number of amides is 1. The van der Waals surface area contributed by atoms with Gasteiger partial charge in [0.25, 0.3) is 0 Å². The van der Waals surface area contributed by atoms with E-state index >= 15 is 0 Å². The fourth-order valence-corrected chi connectivity index (χ4v) is 4.11. The summed E-state index contributed by atoms with van der Waals surface area (Å²) in [7, 11) is 0. The molecule has 0 radical (unpaired) electrons. The highest BCUT2D eigenvalue weighted by Crippen LogP contribution is 2.33. The minimum atomic E-state index is 0.296. The summed E-state index contributed by atoms with van der Waals surface area (Å²) in [5.41, 5.74) is 4.65. The third-order valence-corrected chi connectivity index (χ3v) is 6.02. The van der Waals surface area contributed by atoms with Gasteiger partial charge in [0, 0.05) is 31.1 Å². The average molecular weight is 387 g/mol. The zero-order valence-electron chi connectivity index (χ0n) is 16.7. The molecule has 0 bridgehead atoms. The molecule has 29 heavy (non-hydrogen) atoms. The van der Waals surface area contributed by atoms with Crippen LogP contribution < -0.4 is 0 Å². The van der Waals surface area contributed by atoms with Gasteiger partial charge in [-0.1, -0.05) is 54.1 Å². The van der Waals surface area contributed by atoms with Crippen LogP contribution in [0.5, 0.6) is 0 Å². The smallest absolute Gasteiger partial charge is 0.225 e. The van der Waals surface area contributed by atoms with Crippen molar-refractivity contribution >= 4 is 5.91 Å². The number of benzene rings is 2. The molecule has 2 heterocycles. The molecule has 6 nitrogen and oxygen atoms in total. The number of likely N-dealkylation sites (tertiary alicyclic amines) is 1. The molecule has 0 spiro atoms. The first-order valence-electron chi connectivity index (χ1n) is 10.4. The van der Waals surface area contributed by atoms with Crippen molar-refractivity contribution < 1.29 is 4.79 Å². The van der Waals surface area contributed by atoms with Crippen molar-refractivity contribution in [1.29, 1.82) is 0 Å². The molecule has 0 unspecified atom stereocenters. The highest BCUT2D eigenvalue weighted by Gasteiger charge is 2.36. The molecule has 2 aromatic carbocycles. The Kier molecular flexibility index (Phi) is 4.62. The van der Waals surface area contributed by atoms with Crippen molar-refractivity contribution in [2.75, 3.05) is 13.1 Å². The molecule has 5 rings (SSSR count). The van der Waals surface area contributed by atoms with E-state index in [4.69, 9.17) is 0 Å². The number of hydrogen-bond donors (Lipinski definition) is 0. The minimum Gasteiger partial charge on any atom is -0.342 e. The third-order valence-electron chi connectivity index (χ3n) is 6.02. The molecule has 2 fully saturated rings. The number of carbonyl (C=O) groups excluding carboxylic acids is 1. The van der Waals surface area contributed by atoms with E-state index in [1.54, 1.807) is 0 Å². The second-order valence-electron chi connectivity index (χ2n) is 8.34. The van der Waals surface area contributed by atoms with Crippen LogP contribution in [0.3, 0.4) is 0 Å². The Hall–Kier alpha value is -3.02. The SMILES string of the molecule is Cc1ccc(-c2ccc(-c3nnnn3C[C@@H]3CCN(C(=O)C4CC4)C3)cc2)cc1. The van der Waals surface area contributed by atoms with Crippen LogP contribution in [-0.4, -0.2) is 44.1 Å². The van der Waals surface area contributed by atoms with Crippen LogP contribution in [0.2, 0.25) is 0 Å². The monoisotopic (exact) mass is 387 g/mol. The number of aromatic nitrogens is 4. The van der Waals surface area contributed by atoms with Crippen LogP contribution in [-0.2, 0) is 11.3 Å². The summed E-state index contributed by atoms with van der Waals surface area (Å²) in [6.07, 6.45) is 3.15. The lowest BCUT2D eigenvalue weighted by Gasteiger charge is -2.16. The maximum atomic E-state index is 12.3. The van der Waals surface area contributed by atoms with Crippen LogP contribution in [0, 0.1) is 18.8 Å². The lowest BCUT2D eigenvalue weighted by molar-refractivity contribution is -0.131. The van der Waals surface area contributed by atoms with Crippen LogP contribution >= 0.6 is 0 Å². The van der Waals surface area contributed by atoms with Gasteiger partial charge < -0.3 is 4.90 Å². The van der Waals surface area contributed by atoms with Crippen molar-refractivity contribution in [3.8, 4) is 22.5 Å². The molecule has 3 aromatic rings. The second-order valence-corrected chi connectivity index (χ2v) is 8.34. The lowest BCUT2D eigenvalue weighted by Crippen LogP contribution is -2.30. The molecule has 1 aromatic heterocycles. The van der Waals surface area contributed by atoms with Gasteiger partial charge >= 0.3 is 0 Å². The first-order valence-corrected chi connectivity index (χ1v) is 10.4. The average Bonchev–Trinajstić information content (AvgIpc) is 3.32. The molecule has 148 valence electrons. The Bertz CT molecular complexity index is 1000. The molecule has 1 atom stereocenters. The van der Waals surface area contributed by atoms with Crippen LogP contribution in [0.4, 0.5) is 0 Å². The molecule has 1 saturated carbocycles. The molecule has 1 aliphatic heterocycles. The first-order chi connectivity index (χ1) is 14.2. The number of tetrazole rings is 1. The predicted molar refractivity (Wildman–Crippen MR) is 111 cm³/mol. The van der Waals surface area contributed by atoms with Crippen molar-refractivity contribution in [3.05, 3.63) is 54.1 Å². The van der Waals surface area contributed by atoms with E-state index in [-0.39, 0.29) is 0 Å². The fourth-order valence-electron chi connectivity index (χ4n) is 4.11. The minimum absolute atomic E-state index is 0.296. The molecule has 1 amide bonds. The molecule has 2 aliphatic rings. The maximum Gasteiger partial charge on any atom is 0.225 e. The highest BCUT2D eigenvalue weighted by atomic mass is 16.2. The summed E-state index contributed by atoms with van der Waals surface area (Å²) in [5.74, 6) is 1.83. The van der Waals surface area contributed by atoms with Gasteiger partial charge in [-0.25, -0.2) is 4.68 Å². The number of rotatable bonds is 5.